The van der Waals surface area contributed by atoms with Gasteiger partial charge in [0.05, 0.1) is 18.7 Å². The largest absolute Gasteiger partial charge is 0.447 e. The third-order valence-electron chi connectivity index (χ3n) is 4.60. The molecule has 2 aromatic rings. The zero-order chi connectivity index (χ0) is 15.6. The number of nitrogens with zero attached hydrogens (tertiary/aromatic N) is 1. The van der Waals surface area contributed by atoms with Crippen LogP contribution in [-0.2, 0) is 15.9 Å². The summed E-state index contributed by atoms with van der Waals surface area (Å²) in [6.07, 6.45) is 0.533. The average molecular weight is 309 g/mol. The molecule has 4 rings (SSSR count). The molecular weight excluding hydrogens is 290 g/mol. The van der Waals surface area contributed by atoms with E-state index < -0.39 is 0 Å². The molecule has 0 spiro atoms. The van der Waals surface area contributed by atoms with E-state index in [9.17, 15) is 4.79 Å². The van der Waals surface area contributed by atoms with Gasteiger partial charge in [-0.1, -0.05) is 60.7 Å². The van der Waals surface area contributed by atoms with Crippen LogP contribution >= 0.6 is 0 Å². The summed E-state index contributed by atoms with van der Waals surface area (Å²) in [6.45, 7) is 1.02. The maximum absolute atomic E-state index is 12.2. The molecule has 2 heterocycles. The van der Waals surface area contributed by atoms with E-state index in [0.717, 1.165) is 12.0 Å². The third-order valence-corrected chi connectivity index (χ3v) is 4.60. The fourth-order valence-electron chi connectivity index (χ4n) is 3.39. The molecule has 0 bridgehead atoms. The number of amides is 1. The van der Waals surface area contributed by atoms with Crippen LogP contribution in [0.25, 0.3) is 0 Å². The fourth-order valence-corrected chi connectivity index (χ4v) is 3.39. The highest BCUT2D eigenvalue weighted by Gasteiger charge is 2.47. The molecule has 0 saturated carbocycles. The van der Waals surface area contributed by atoms with Crippen molar-refractivity contribution in [3.8, 4) is 0 Å². The van der Waals surface area contributed by atoms with Crippen molar-refractivity contribution in [1.29, 1.82) is 0 Å². The molecule has 2 aliphatic heterocycles. The van der Waals surface area contributed by atoms with Crippen LogP contribution in [0.1, 0.15) is 17.2 Å². The van der Waals surface area contributed by atoms with Gasteiger partial charge in [0, 0.05) is 0 Å². The van der Waals surface area contributed by atoms with Gasteiger partial charge in [0.1, 0.15) is 12.7 Å². The highest BCUT2D eigenvalue weighted by atomic mass is 16.6. The molecule has 3 atom stereocenters. The van der Waals surface area contributed by atoms with Crippen molar-refractivity contribution >= 4 is 6.09 Å². The summed E-state index contributed by atoms with van der Waals surface area (Å²) in [6, 6.07) is 20.4. The number of hydrogen-bond acceptors (Lipinski definition) is 3. The van der Waals surface area contributed by atoms with Gasteiger partial charge in [-0.25, -0.2) is 4.79 Å². The molecule has 0 aliphatic carbocycles. The summed E-state index contributed by atoms with van der Waals surface area (Å²) in [4.78, 5) is 14.1. The van der Waals surface area contributed by atoms with Crippen LogP contribution in [0.15, 0.2) is 60.7 Å². The van der Waals surface area contributed by atoms with Crippen molar-refractivity contribution in [3.05, 3.63) is 71.8 Å². The van der Waals surface area contributed by atoms with Crippen molar-refractivity contribution in [2.45, 2.75) is 24.6 Å². The highest BCUT2D eigenvalue weighted by molar-refractivity contribution is 5.71. The molecule has 0 radical (unpaired) electrons. The summed E-state index contributed by atoms with van der Waals surface area (Å²) in [7, 11) is 0. The molecular formula is C19H19NO3. The van der Waals surface area contributed by atoms with E-state index in [4.69, 9.17) is 9.47 Å². The lowest BCUT2D eigenvalue weighted by molar-refractivity contribution is -0.129. The number of rotatable bonds is 4. The molecule has 2 aliphatic rings. The van der Waals surface area contributed by atoms with Gasteiger partial charge in [-0.15, -0.1) is 0 Å². The second kappa shape index (κ2) is 6.05. The van der Waals surface area contributed by atoms with Crippen LogP contribution in [0.2, 0.25) is 0 Å². The molecule has 2 fully saturated rings. The molecule has 118 valence electrons. The third kappa shape index (κ3) is 2.70. The fraction of sp³-hybridized carbons (Fsp3) is 0.316. The first-order valence-electron chi connectivity index (χ1n) is 7.98. The smallest absolute Gasteiger partial charge is 0.410 e. The lowest BCUT2D eigenvalue weighted by atomic mass is 9.95. The van der Waals surface area contributed by atoms with E-state index in [-0.39, 0.29) is 24.3 Å². The quantitative estimate of drug-likeness (QED) is 0.870. The van der Waals surface area contributed by atoms with E-state index in [2.05, 4.69) is 12.1 Å². The van der Waals surface area contributed by atoms with Crippen molar-refractivity contribution in [2.75, 3.05) is 13.2 Å². The van der Waals surface area contributed by atoms with Gasteiger partial charge in [-0.05, 0) is 17.5 Å². The second-order valence-electron chi connectivity index (χ2n) is 6.06. The molecule has 0 N–H and O–H groups in total. The van der Waals surface area contributed by atoms with Crippen molar-refractivity contribution < 1.29 is 14.3 Å². The van der Waals surface area contributed by atoms with Crippen LogP contribution in [0.5, 0.6) is 0 Å². The molecule has 23 heavy (non-hydrogen) atoms. The first-order chi connectivity index (χ1) is 11.3. The zero-order valence-corrected chi connectivity index (χ0v) is 12.8. The molecule has 2 aromatic carbocycles. The predicted octanol–water partition coefficient (Wildman–Crippen LogP) is 3.19. The molecule has 2 saturated heterocycles. The Balaban J connectivity index is 1.53. The normalized spacial score (nSPS) is 26.7. The lowest BCUT2D eigenvalue weighted by Gasteiger charge is -2.43. The lowest BCUT2D eigenvalue weighted by Crippen LogP contribution is -2.55. The molecule has 4 heteroatoms. The van der Waals surface area contributed by atoms with Crippen molar-refractivity contribution in [2.24, 2.45) is 0 Å². The number of benzene rings is 2. The van der Waals surface area contributed by atoms with Crippen molar-refractivity contribution in [1.82, 2.24) is 4.90 Å². The Hall–Kier alpha value is -2.33. The number of ether oxygens (including phenoxy) is 2. The number of hydrogen-bond donors (Lipinski definition) is 0. The van der Waals surface area contributed by atoms with Crippen LogP contribution < -0.4 is 0 Å². The zero-order valence-electron chi connectivity index (χ0n) is 12.8. The Morgan fingerprint density at radius 3 is 2.30 bits per heavy atom. The predicted molar refractivity (Wildman–Crippen MR) is 86.0 cm³/mol. The van der Waals surface area contributed by atoms with E-state index in [0.29, 0.717) is 13.2 Å². The second-order valence-corrected chi connectivity index (χ2v) is 6.06. The first-order valence-corrected chi connectivity index (χ1v) is 7.98. The minimum atomic E-state index is -0.222. The van der Waals surface area contributed by atoms with E-state index in [1.54, 1.807) is 0 Å². The Bertz CT molecular complexity index is 674. The number of carbonyl (C=O) groups excluding carboxylic acids is 1. The van der Waals surface area contributed by atoms with Gasteiger partial charge in [-0.3, -0.25) is 4.90 Å². The minimum absolute atomic E-state index is 0.0554. The molecule has 1 amide bonds. The molecule has 0 aromatic heterocycles. The van der Waals surface area contributed by atoms with Gasteiger partial charge in [0.15, 0.2) is 0 Å². The summed E-state index contributed by atoms with van der Waals surface area (Å²) in [5.74, 6) is 0. The van der Waals surface area contributed by atoms with Gasteiger partial charge in [-0.2, -0.15) is 0 Å². The Kier molecular flexibility index (Phi) is 3.75. The van der Waals surface area contributed by atoms with E-state index in [1.807, 2.05) is 53.4 Å². The number of cyclic esters (lactones) is 1. The van der Waals surface area contributed by atoms with E-state index >= 15 is 0 Å². The maximum Gasteiger partial charge on any atom is 0.410 e. The Labute approximate surface area is 135 Å². The van der Waals surface area contributed by atoms with Crippen LogP contribution in [-0.4, -0.2) is 36.3 Å². The van der Waals surface area contributed by atoms with Gasteiger partial charge in [0.25, 0.3) is 0 Å². The summed E-state index contributed by atoms with van der Waals surface area (Å²) >= 11 is 0. The average Bonchev–Trinajstić information content (AvgIpc) is 2.90. The Morgan fingerprint density at radius 2 is 1.65 bits per heavy atom. The van der Waals surface area contributed by atoms with Crippen LogP contribution in [0.3, 0.4) is 0 Å². The number of carbonyl (C=O) groups is 1. The maximum atomic E-state index is 12.2. The monoisotopic (exact) mass is 309 g/mol. The van der Waals surface area contributed by atoms with Gasteiger partial charge in [0.2, 0.25) is 0 Å². The SMILES string of the molecule is O=C1OC[C@H](Cc2ccccc2)N1[C@@H]1CO[C@@H]1c1ccccc1. The summed E-state index contributed by atoms with van der Waals surface area (Å²) < 4.78 is 11.1. The molecule has 0 unspecified atom stereocenters. The van der Waals surface area contributed by atoms with E-state index in [1.165, 1.54) is 5.56 Å². The summed E-state index contributed by atoms with van der Waals surface area (Å²) in [5.41, 5.74) is 2.33. The Morgan fingerprint density at radius 1 is 0.957 bits per heavy atom. The summed E-state index contributed by atoms with van der Waals surface area (Å²) in [5, 5.41) is 0. The highest BCUT2D eigenvalue weighted by Crippen LogP contribution is 2.37. The van der Waals surface area contributed by atoms with Crippen molar-refractivity contribution in [3.63, 3.8) is 0 Å². The van der Waals surface area contributed by atoms with Gasteiger partial charge < -0.3 is 9.47 Å². The van der Waals surface area contributed by atoms with Crippen LogP contribution in [0.4, 0.5) is 4.79 Å². The first kappa shape index (κ1) is 14.3. The topological polar surface area (TPSA) is 38.8 Å². The minimum Gasteiger partial charge on any atom is -0.447 e. The standard InChI is InChI=1S/C19H19NO3/c21-19-20(16(12-23-19)11-14-7-3-1-4-8-14)17-13-22-18(17)15-9-5-2-6-10-15/h1-10,16-18H,11-13H2/t16-,17+,18+/m0/s1. The van der Waals surface area contributed by atoms with Crippen LogP contribution in [0, 0.1) is 0 Å². The van der Waals surface area contributed by atoms with Gasteiger partial charge >= 0.3 is 6.09 Å². The molecule has 4 nitrogen and oxygen atoms in total.